The van der Waals surface area contributed by atoms with E-state index in [0.717, 1.165) is 33.8 Å². The molecule has 0 atom stereocenters. The summed E-state index contributed by atoms with van der Waals surface area (Å²) in [5.41, 5.74) is 6.26. The maximum Gasteiger partial charge on any atom is 0.214 e. The zero-order valence-electron chi connectivity index (χ0n) is 16.3. The lowest BCUT2D eigenvalue weighted by atomic mass is 9.97. The molecule has 0 spiro atoms. The van der Waals surface area contributed by atoms with Gasteiger partial charge < -0.3 is 5.32 Å². The fourth-order valence-electron chi connectivity index (χ4n) is 3.84. The number of nitrogens with zero attached hydrogens (tertiary/aromatic N) is 4. The number of fused-ring (bicyclic) bond motifs is 1. The SMILES string of the molecule is c1ccc(-c2ccccc2-c2cc3nccn3c(Nc3cc(C4CC4)[nH]n3)n2)cc1. The Labute approximate surface area is 173 Å². The van der Waals surface area contributed by atoms with Crippen LogP contribution in [0, 0.1) is 0 Å². The van der Waals surface area contributed by atoms with Crippen molar-refractivity contribution in [3.63, 3.8) is 0 Å². The van der Waals surface area contributed by atoms with Gasteiger partial charge in [-0.15, -0.1) is 0 Å². The van der Waals surface area contributed by atoms with E-state index in [1.807, 2.05) is 28.8 Å². The zero-order chi connectivity index (χ0) is 19.9. The molecule has 1 fully saturated rings. The molecular weight excluding hydrogens is 372 g/mol. The molecule has 6 heteroatoms. The van der Waals surface area contributed by atoms with E-state index in [4.69, 9.17) is 4.98 Å². The number of imidazole rings is 1. The molecule has 2 aromatic carbocycles. The molecule has 2 N–H and O–H groups in total. The summed E-state index contributed by atoms with van der Waals surface area (Å²) in [6.45, 7) is 0. The van der Waals surface area contributed by atoms with Crippen LogP contribution in [0.15, 0.2) is 79.1 Å². The molecular formula is C24H20N6. The molecule has 1 aliphatic rings. The second-order valence-corrected chi connectivity index (χ2v) is 7.64. The zero-order valence-corrected chi connectivity index (χ0v) is 16.3. The van der Waals surface area contributed by atoms with Gasteiger partial charge in [-0.1, -0.05) is 54.6 Å². The monoisotopic (exact) mass is 392 g/mol. The molecule has 0 saturated heterocycles. The molecule has 0 amide bonds. The third-order valence-corrected chi connectivity index (χ3v) is 5.53. The van der Waals surface area contributed by atoms with E-state index in [2.05, 4.69) is 69.0 Å². The van der Waals surface area contributed by atoms with E-state index in [1.165, 1.54) is 18.5 Å². The Hall–Kier alpha value is -3.93. The van der Waals surface area contributed by atoms with Gasteiger partial charge in [0.15, 0.2) is 5.82 Å². The maximum atomic E-state index is 4.95. The van der Waals surface area contributed by atoms with E-state index >= 15 is 0 Å². The first-order valence-electron chi connectivity index (χ1n) is 10.2. The molecule has 5 aromatic rings. The van der Waals surface area contributed by atoms with Crippen LogP contribution < -0.4 is 5.32 Å². The van der Waals surface area contributed by atoms with Gasteiger partial charge in [0.1, 0.15) is 5.65 Å². The summed E-state index contributed by atoms with van der Waals surface area (Å²) >= 11 is 0. The highest BCUT2D eigenvalue weighted by Gasteiger charge is 2.25. The van der Waals surface area contributed by atoms with Crippen LogP contribution in [0.3, 0.4) is 0 Å². The Kier molecular flexibility index (Phi) is 3.87. The van der Waals surface area contributed by atoms with Crippen molar-refractivity contribution in [1.29, 1.82) is 0 Å². The van der Waals surface area contributed by atoms with E-state index in [1.54, 1.807) is 6.20 Å². The van der Waals surface area contributed by atoms with Gasteiger partial charge in [-0.3, -0.25) is 9.50 Å². The molecule has 3 heterocycles. The third kappa shape index (κ3) is 3.03. The van der Waals surface area contributed by atoms with Crippen molar-refractivity contribution in [2.75, 3.05) is 5.32 Å². The number of hydrogen-bond donors (Lipinski definition) is 2. The normalized spacial score (nSPS) is 13.6. The number of aromatic nitrogens is 5. The highest BCUT2D eigenvalue weighted by molar-refractivity contribution is 5.83. The summed E-state index contributed by atoms with van der Waals surface area (Å²) in [5.74, 6) is 2.09. The first kappa shape index (κ1) is 17.0. The smallest absolute Gasteiger partial charge is 0.214 e. The van der Waals surface area contributed by atoms with Gasteiger partial charge in [-0.25, -0.2) is 9.97 Å². The number of benzene rings is 2. The van der Waals surface area contributed by atoms with Crippen molar-refractivity contribution in [1.82, 2.24) is 24.6 Å². The van der Waals surface area contributed by atoms with Gasteiger partial charge >= 0.3 is 0 Å². The first-order chi connectivity index (χ1) is 14.8. The van der Waals surface area contributed by atoms with Gasteiger partial charge in [0.25, 0.3) is 0 Å². The lowest BCUT2D eigenvalue weighted by Gasteiger charge is -2.12. The fraction of sp³-hybridized carbons (Fsp3) is 0.125. The summed E-state index contributed by atoms with van der Waals surface area (Å²) in [5, 5.41) is 10.9. The van der Waals surface area contributed by atoms with Crippen molar-refractivity contribution < 1.29 is 0 Å². The van der Waals surface area contributed by atoms with Gasteiger partial charge in [-0.2, -0.15) is 5.10 Å². The minimum absolute atomic E-state index is 0.623. The van der Waals surface area contributed by atoms with Crippen LogP contribution in [0.1, 0.15) is 24.5 Å². The summed E-state index contributed by atoms with van der Waals surface area (Å²) in [6, 6.07) is 22.8. The lowest BCUT2D eigenvalue weighted by Crippen LogP contribution is -2.03. The average Bonchev–Trinajstić information content (AvgIpc) is 3.34. The number of aromatic amines is 1. The van der Waals surface area contributed by atoms with Crippen LogP contribution in [-0.4, -0.2) is 24.6 Å². The number of nitrogens with one attached hydrogen (secondary N) is 2. The fourth-order valence-corrected chi connectivity index (χ4v) is 3.84. The van der Waals surface area contributed by atoms with Crippen LogP contribution >= 0.6 is 0 Å². The van der Waals surface area contributed by atoms with E-state index in [0.29, 0.717) is 11.9 Å². The summed E-state index contributed by atoms with van der Waals surface area (Å²) in [7, 11) is 0. The Morgan fingerprint density at radius 3 is 2.57 bits per heavy atom. The van der Waals surface area contributed by atoms with Crippen molar-refractivity contribution in [2.45, 2.75) is 18.8 Å². The molecule has 1 aliphatic carbocycles. The minimum Gasteiger partial charge on any atom is -0.308 e. The van der Waals surface area contributed by atoms with Crippen molar-refractivity contribution in [3.05, 3.63) is 84.8 Å². The summed E-state index contributed by atoms with van der Waals surface area (Å²) in [6.07, 6.45) is 6.16. The summed E-state index contributed by atoms with van der Waals surface area (Å²) in [4.78, 5) is 9.46. The van der Waals surface area contributed by atoms with Gasteiger partial charge in [0.05, 0.1) is 5.69 Å². The van der Waals surface area contributed by atoms with Gasteiger partial charge in [0.2, 0.25) is 5.95 Å². The molecule has 6 rings (SSSR count). The molecule has 0 bridgehead atoms. The number of hydrogen-bond acceptors (Lipinski definition) is 4. The predicted octanol–water partition coefficient (Wildman–Crippen LogP) is 5.41. The molecule has 30 heavy (non-hydrogen) atoms. The quantitative estimate of drug-likeness (QED) is 0.420. The molecule has 0 radical (unpaired) electrons. The van der Waals surface area contributed by atoms with E-state index in [9.17, 15) is 0 Å². The molecule has 0 unspecified atom stereocenters. The Morgan fingerprint density at radius 2 is 1.73 bits per heavy atom. The highest BCUT2D eigenvalue weighted by Crippen LogP contribution is 2.39. The van der Waals surface area contributed by atoms with Crippen LogP contribution in [0.5, 0.6) is 0 Å². The molecule has 146 valence electrons. The summed E-state index contributed by atoms with van der Waals surface area (Å²) < 4.78 is 1.94. The van der Waals surface area contributed by atoms with Gasteiger partial charge in [0, 0.05) is 41.7 Å². The molecule has 3 aromatic heterocycles. The Morgan fingerprint density at radius 1 is 0.933 bits per heavy atom. The molecule has 1 saturated carbocycles. The highest BCUT2D eigenvalue weighted by atomic mass is 15.3. The van der Waals surface area contributed by atoms with Crippen LogP contribution in [0.25, 0.3) is 28.0 Å². The lowest BCUT2D eigenvalue weighted by molar-refractivity contribution is 0.964. The van der Waals surface area contributed by atoms with E-state index in [-0.39, 0.29) is 0 Å². The number of H-pyrrole nitrogens is 1. The molecule has 6 nitrogen and oxygen atoms in total. The number of rotatable bonds is 5. The first-order valence-corrected chi connectivity index (χ1v) is 10.2. The van der Waals surface area contributed by atoms with Crippen LogP contribution in [0.2, 0.25) is 0 Å². The average molecular weight is 392 g/mol. The third-order valence-electron chi connectivity index (χ3n) is 5.53. The Balaban J connectivity index is 1.45. The Bertz CT molecular complexity index is 1330. The predicted molar refractivity (Wildman–Crippen MR) is 118 cm³/mol. The van der Waals surface area contributed by atoms with Crippen LogP contribution in [-0.2, 0) is 0 Å². The van der Waals surface area contributed by atoms with E-state index < -0.39 is 0 Å². The largest absolute Gasteiger partial charge is 0.308 e. The van der Waals surface area contributed by atoms with Crippen molar-refractivity contribution in [3.8, 4) is 22.4 Å². The second-order valence-electron chi connectivity index (χ2n) is 7.64. The topological polar surface area (TPSA) is 70.9 Å². The minimum atomic E-state index is 0.623. The van der Waals surface area contributed by atoms with Crippen molar-refractivity contribution in [2.24, 2.45) is 0 Å². The standard InChI is InChI=1S/C24H20N6/c1-2-6-16(7-3-1)18-8-4-5-9-19(18)21-15-23-25-12-13-30(23)24(26-21)27-22-14-20(28-29-22)17-10-11-17/h1-9,12-15,17H,10-11H2,(H2,26,27,28,29). The molecule has 0 aliphatic heterocycles. The van der Waals surface area contributed by atoms with Gasteiger partial charge in [-0.05, 0) is 24.0 Å². The number of anilines is 2. The van der Waals surface area contributed by atoms with Crippen molar-refractivity contribution >= 4 is 17.4 Å². The second kappa shape index (κ2) is 6.84. The van der Waals surface area contributed by atoms with Crippen LogP contribution in [0.4, 0.5) is 11.8 Å². The maximum absolute atomic E-state index is 4.95.